The molecule has 0 saturated carbocycles. The van der Waals surface area contributed by atoms with Gasteiger partial charge in [-0.2, -0.15) is 0 Å². The van der Waals surface area contributed by atoms with Gasteiger partial charge in [0.2, 0.25) is 0 Å². The van der Waals surface area contributed by atoms with E-state index >= 15 is 0 Å². The lowest BCUT2D eigenvalue weighted by Crippen LogP contribution is -2.47. The van der Waals surface area contributed by atoms with Crippen molar-refractivity contribution in [3.63, 3.8) is 0 Å². The first-order valence-corrected chi connectivity index (χ1v) is 5.52. The topological polar surface area (TPSA) is 150 Å². The Balaban J connectivity index is 4.45. The lowest BCUT2D eigenvalue weighted by molar-refractivity contribution is -0.143. The van der Waals surface area contributed by atoms with Crippen molar-refractivity contribution >= 4 is 17.9 Å². The van der Waals surface area contributed by atoms with Crippen molar-refractivity contribution in [3.8, 4) is 0 Å². The zero-order valence-electron chi connectivity index (χ0n) is 9.83. The fourth-order valence-corrected chi connectivity index (χ4v) is 1.39. The van der Waals surface area contributed by atoms with E-state index < -0.39 is 30.0 Å². The third kappa shape index (κ3) is 6.81. The fraction of sp³-hybridized carbons (Fsp3) is 0.700. The molecule has 104 valence electrons. The summed E-state index contributed by atoms with van der Waals surface area (Å²) < 4.78 is 0. The van der Waals surface area contributed by atoms with Crippen LogP contribution in [0.3, 0.4) is 0 Å². The van der Waals surface area contributed by atoms with Gasteiger partial charge in [0.15, 0.2) is 0 Å². The van der Waals surface area contributed by atoms with Crippen LogP contribution in [0.15, 0.2) is 0 Å². The highest BCUT2D eigenvalue weighted by Crippen LogP contribution is 2.04. The first-order chi connectivity index (χ1) is 8.38. The van der Waals surface area contributed by atoms with Crippen molar-refractivity contribution in [2.45, 2.75) is 37.8 Å². The second-order valence-electron chi connectivity index (χ2n) is 3.81. The van der Waals surface area contributed by atoms with Crippen molar-refractivity contribution in [2.24, 2.45) is 5.73 Å². The SMILES string of the molecule is NCCCC(NC(CCC(=O)O)C(=O)O)C(=O)O. The van der Waals surface area contributed by atoms with Crippen molar-refractivity contribution < 1.29 is 29.7 Å². The smallest absolute Gasteiger partial charge is 0.320 e. The molecule has 0 aliphatic carbocycles. The van der Waals surface area contributed by atoms with Crippen LogP contribution in [0.5, 0.6) is 0 Å². The predicted molar refractivity (Wildman–Crippen MR) is 61.1 cm³/mol. The van der Waals surface area contributed by atoms with E-state index in [-0.39, 0.29) is 19.3 Å². The van der Waals surface area contributed by atoms with Crippen LogP contribution in [0.25, 0.3) is 0 Å². The third-order valence-corrected chi connectivity index (χ3v) is 2.34. The molecule has 0 amide bonds. The lowest BCUT2D eigenvalue weighted by Gasteiger charge is -2.19. The number of hydrogen-bond donors (Lipinski definition) is 5. The number of carbonyl (C=O) groups is 3. The predicted octanol–water partition coefficient (Wildman–Crippen LogP) is -0.914. The Hall–Kier alpha value is -1.67. The molecule has 2 atom stereocenters. The largest absolute Gasteiger partial charge is 0.481 e. The minimum atomic E-state index is -1.27. The Morgan fingerprint density at radius 1 is 1.00 bits per heavy atom. The van der Waals surface area contributed by atoms with Crippen molar-refractivity contribution in [2.75, 3.05) is 6.54 Å². The zero-order chi connectivity index (χ0) is 14.1. The molecular formula is C10H18N2O6. The molecule has 8 nitrogen and oxygen atoms in total. The van der Waals surface area contributed by atoms with E-state index in [1.165, 1.54) is 0 Å². The number of aliphatic carboxylic acids is 3. The zero-order valence-corrected chi connectivity index (χ0v) is 9.83. The van der Waals surface area contributed by atoms with Crippen LogP contribution in [-0.2, 0) is 14.4 Å². The number of nitrogens with two attached hydrogens (primary N) is 1. The molecule has 0 heterocycles. The van der Waals surface area contributed by atoms with E-state index in [9.17, 15) is 14.4 Å². The van der Waals surface area contributed by atoms with Gasteiger partial charge >= 0.3 is 17.9 Å². The van der Waals surface area contributed by atoms with Crippen LogP contribution in [0.2, 0.25) is 0 Å². The van der Waals surface area contributed by atoms with Gasteiger partial charge < -0.3 is 21.1 Å². The van der Waals surface area contributed by atoms with E-state index in [4.69, 9.17) is 21.1 Å². The van der Waals surface area contributed by atoms with E-state index in [1.54, 1.807) is 0 Å². The van der Waals surface area contributed by atoms with E-state index in [0.29, 0.717) is 13.0 Å². The monoisotopic (exact) mass is 262 g/mol. The van der Waals surface area contributed by atoms with Gasteiger partial charge in [-0.1, -0.05) is 0 Å². The normalized spacial score (nSPS) is 13.8. The Kier molecular flexibility index (Phi) is 7.64. The Labute approximate surface area is 104 Å². The molecule has 0 aliphatic rings. The van der Waals surface area contributed by atoms with Gasteiger partial charge in [0.25, 0.3) is 0 Å². The van der Waals surface area contributed by atoms with Crippen LogP contribution in [0.1, 0.15) is 25.7 Å². The standard InChI is InChI=1S/C10H18N2O6/c11-5-1-2-6(9(15)16)12-7(10(17)18)3-4-8(13)14/h6-7,12H,1-5,11H2,(H,13,14)(H,15,16)(H,17,18). The summed E-state index contributed by atoms with van der Waals surface area (Å²) in [5, 5.41) is 28.7. The van der Waals surface area contributed by atoms with Crippen LogP contribution in [0.4, 0.5) is 0 Å². The number of rotatable bonds is 10. The summed E-state index contributed by atoms with van der Waals surface area (Å²) >= 11 is 0. The minimum absolute atomic E-state index is 0.170. The number of hydrogen-bond acceptors (Lipinski definition) is 5. The second kappa shape index (κ2) is 8.43. The summed E-state index contributed by atoms with van der Waals surface area (Å²) in [5.41, 5.74) is 5.25. The summed E-state index contributed by atoms with van der Waals surface area (Å²) in [7, 11) is 0. The lowest BCUT2D eigenvalue weighted by atomic mass is 10.1. The Bertz CT molecular complexity index is 307. The minimum Gasteiger partial charge on any atom is -0.481 e. The first-order valence-electron chi connectivity index (χ1n) is 5.52. The van der Waals surface area contributed by atoms with E-state index in [2.05, 4.69) is 5.32 Å². The maximum Gasteiger partial charge on any atom is 0.320 e. The molecule has 0 aromatic carbocycles. The van der Waals surface area contributed by atoms with Gasteiger partial charge in [-0.05, 0) is 25.8 Å². The van der Waals surface area contributed by atoms with Crippen LogP contribution in [-0.4, -0.2) is 51.9 Å². The van der Waals surface area contributed by atoms with Crippen molar-refractivity contribution in [1.82, 2.24) is 5.32 Å². The van der Waals surface area contributed by atoms with Gasteiger partial charge in [-0.15, -0.1) is 0 Å². The van der Waals surface area contributed by atoms with Crippen LogP contribution >= 0.6 is 0 Å². The van der Waals surface area contributed by atoms with Crippen molar-refractivity contribution in [1.29, 1.82) is 0 Å². The highest BCUT2D eigenvalue weighted by molar-refractivity contribution is 5.78. The van der Waals surface area contributed by atoms with Gasteiger partial charge in [0.05, 0.1) is 0 Å². The highest BCUT2D eigenvalue weighted by Gasteiger charge is 2.25. The second-order valence-corrected chi connectivity index (χ2v) is 3.81. The Morgan fingerprint density at radius 3 is 1.89 bits per heavy atom. The molecule has 0 spiro atoms. The maximum atomic E-state index is 10.9. The maximum absolute atomic E-state index is 10.9. The summed E-state index contributed by atoms with van der Waals surface area (Å²) in [6.45, 7) is 0.304. The average molecular weight is 262 g/mol. The molecule has 2 unspecified atom stereocenters. The molecule has 0 aromatic heterocycles. The van der Waals surface area contributed by atoms with Gasteiger partial charge in [0.1, 0.15) is 12.1 Å². The molecule has 0 bridgehead atoms. The molecule has 0 rings (SSSR count). The summed E-state index contributed by atoms with van der Waals surface area (Å²) in [6, 6.07) is -2.23. The molecule has 0 aliphatic heterocycles. The molecule has 0 radical (unpaired) electrons. The highest BCUT2D eigenvalue weighted by atomic mass is 16.4. The first kappa shape index (κ1) is 16.3. The molecule has 6 N–H and O–H groups in total. The van der Waals surface area contributed by atoms with Crippen molar-refractivity contribution in [3.05, 3.63) is 0 Å². The van der Waals surface area contributed by atoms with E-state index in [1.807, 2.05) is 0 Å². The number of carboxylic acids is 3. The molecule has 0 saturated heterocycles. The molecule has 0 aromatic rings. The van der Waals surface area contributed by atoms with E-state index in [0.717, 1.165) is 0 Å². The van der Waals surface area contributed by atoms with Gasteiger partial charge in [0, 0.05) is 6.42 Å². The summed E-state index contributed by atoms with van der Waals surface area (Å²) in [4.78, 5) is 32.1. The van der Waals surface area contributed by atoms with Gasteiger partial charge in [-0.3, -0.25) is 19.7 Å². The summed E-state index contributed by atoms with van der Waals surface area (Å²) in [6.07, 6.45) is 0.127. The number of carboxylic acid groups (broad SMARTS) is 3. The molecule has 8 heteroatoms. The van der Waals surface area contributed by atoms with Crippen LogP contribution in [0, 0.1) is 0 Å². The van der Waals surface area contributed by atoms with Gasteiger partial charge in [-0.25, -0.2) is 0 Å². The Morgan fingerprint density at radius 2 is 1.50 bits per heavy atom. The number of nitrogens with one attached hydrogen (secondary N) is 1. The third-order valence-electron chi connectivity index (χ3n) is 2.34. The average Bonchev–Trinajstić information content (AvgIpc) is 2.26. The quantitative estimate of drug-likeness (QED) is 0.339. The molecule has 18 heavy (non-hydrogen) atoms. The fourth-order valence-electron chi connectivity index (χ4n) is 1.39. The van der Waals surface area contributed by atoms with Crippen LogP contribution < -0.4 is 11.1 Å². The summed E-state index contributed by atoms with van der Waals surface area (Å²) in [5.74, 6) is -3.57. The molecule has 0 fully saturated rings. The molecular weight excluding hydrogens is 244 g/mol.